The number of sulfone groups is 1. The Bertz CT molecular complexity index is 829. The van der Waals surface area contributed by atoms with Crippen LogP contribution in [0.5, 0.6) is 0 Å². The molecule has 1 unspecified atom stereocenters. The van der Waals surface area contributed by atoms with E-state index in [0.29, 0.717) is 5.56 Å². The second-order valence-electron chi connectivity index (χ2n) is 6.62. The van der Waals surface area contributed by atoms with Crippen LogP contribution in [0.3, 0.4) is 0 Å². The van der Waals surface area contributed by atoms with Crippen molar-refractivity contribution in [2.75, 3.05) is 12.8 Å². The normalized spacial score (nSPS) is 17.6. The minimum Gasteiger partial charge on any atom is -0.336 e. The maximum Gasteiger partial charge on any atom is 0.254 e. The molecular formula is C20H23NO3S. The van der Waals surface area contributed by atoms with Crippen LogP contribution in [-0.2, 0) is 16.3 Å². The molecule has 132 valence electrons. The molecule has 3 rings (SSSR count). The highest BCUT2D eigenvalue weighted by atomic mass is 32.2. The summed E-state index contributed by atoms with van der Waals surface area (Å²) in [4.78, 5) is 15.0. The second-order valence-corrected chi connectivity index (χ2v) is 8.63. The first-order valence-corrected chi connectivity index (χ1v) is 10.5. The first-order valence-electron chi connectivity index (χ1n) is 8.60. The molecule has 1 aliphatic heterocycles. The van der Waals surface area contributed by atoms with Crippen molar-refractivity contribution < 1.29 is 13.2 Å². The Morgan fingerprint density at radius 3 is 2.40 bits per heavy atom. The van der Waals surface area contributed by atoms with Crippen molar-refractivity contribution in [2.45, 2.75) is 36.6 Å². The van der Waals surface area contributed by atoms with Gasteiger partial charge in [0.2, 0.25) is 0 Å². The number of hydrogen-bond donors (Lipinski definition) is 0. The lowest BCUT2D eigenvalue weighted by atomic mass is 10.0. The maximum atomic E-state index is 12.8. The van der Waals surface area contributed by atoms with Gasteiger partial charge in [-0.2, -0.15) is 0 Å². The zero-order chi connectivity index (χ0) is 17.9. The van der Waals surface area contributed by atoms with E-state index in [0.717, 1.165) is 32.2 Å². The van der Waals surface area contributed by atoms with Gasteiger partial charge in [-0.15, -0.1) is 0 Å². The first-order chi connectivity index (χ1) is 11.9. The highest BCUT2D eigenvalue weighted by molar-refractivity contribution is 7.90. The topological polar surface area (TPSA) is 54.5 Å². The summed E-state index contributed by atoms with van der Waals surface area (Å²) in [7, 11) is -3.24. The van der Waals surface area contributed by atoms with Crippen molar-refractivity contribution in [3.63, 3.8) is 0 Å². The molecule has 5 heteroatoms. The lowest BCUT2D eigenvalue weighted by Gasteiger charge is -2.25. The lowest BCUT2D eigenvalue weighted by Crippen LogP contribution is -2.35. The smallest absolute Gasteiger partial charge is 0.254 e. The van der Waals surface area contributed by atoms with Gasteiger partial charge >= 0.3 is 0 Å². The van der Waals surface area contributed by atoms with E-state index in [1.54, 1.807) is 12.1 Å². The molecule has 4 nitrogen and oxygen atoms in total. The van der Waals surface area contributed by atoms with Crippen molar-refractivity contribution in [3.05, 3.63) is 65.7 Å². The Morgan fingerprint density at radius 1 is 1.08 bits per heavy atom. The molecule has 1 atom stereocenters. The van der Waals surface area contributed by atoms with Gasteiger partial charge in [0.05, 0.1) is 4.90 Å². The number of amides is 1. The largest absolute Gasteiger partial charge is 0.336 e. The van der Waals surface area contributed by atoms with Gasteiger partial charge in [-0.3, -0.25) is 4.79 Å². The summed E-state index contributed by atoms with van der Waals surface area (Å²) in [5, 5.41) is 0. The van der Waals surface area contributed by atoms with Crippen LogP contribution in [-0.4, -0.2) is 38.1 Å². The van der Waals surface area contributed by atoms with Crippen molar-refractivity contribution in [3.8, 4) is 0 Å². The van der Waals surface area contributed by atoms with Crippen LogP contribution >= 0.6 is 0 Å². The zero-order valence-electron chi connectivity index (χ0n) is 14.4. The van der Waals surface area contributed by atoms with Gasteiger partial charge in [0.1, 0.15) is 0 Å². The molecule has 0 aromatic heterocycles. The van der Waals surface area contributed by atoms with E-state index in [4.69, 9.17) is 0 Å². The van der Waals surface area contributed by atoms with Crippen LogP contribution in [0.25, 0.3) is 0 Å². The fraction of sp³-hybridized carbons (Fsp3) is 0.350. The zero-order valence-corrected chi connectivity index (χ0v) is 15.2. The van der Waals surface area contributed by atoms with Gasteiger partial charge < -0.3 is 4.90 Å². The maximum absolute atomic E-state index is 12.8. The summed E-state index contributed by atoms with van der Waals surface area (Å²) in [5.41, 5.74) is 1.85. The molecular weight excluding hydrogens is 334 g/mol. The summed E-state index contributed by atoms with van der Waals surface area (Å²) in [6, 6.07) is 16.8. The third kappa shape index (κ3) is 4.28. The Labute approximate surface area is 149 Å². The molecule has 0 radical (unpaired) electrons. The molecule has 0 bridgehead atoms. The lowest BCUT2D eigenvalue weighted by molar-refractivity contribution is 0.0730. The summed E-state index contributed by atoms with van der Waals surface area (Å²) in [6.45, 7) is 0.770. The third-order valence-corrected chi connectivity index (χ3v) is 5.90. The van der Waals surface area contributed by atoms with E-state index in [1.807, 2.05) is 23.1 Å². The minimum absolute atomic E-state index is 0.00406. The van der Waals surface area contributed by atoms with E-state index >= 15 is 0 Å². The highest BCUT2D eigenvalue weighted by Crippen LogP contribution is 2.24. The third-order valence-electron chi connectivity index (χ3n) is 4.78. The van der Waals surface area contributed by atoms with Crippen molar-refractivity contribution in [1.82, 2.24) is 4.90 Å². The van der Waals surface area contributed by atoms with E-state index in [9.17, 15) is 13.2 Å². The molecule has 2 aromatic rings. The number of carbonyl (C=O) groups is 1. The van der Waals surface area contributed by atoms with Crippen LogP contribution in [0.15, 0.2) is 59.5 Å². The number of hydrogen-bond acceptors (Lipinski definition) is 3. The Balaban J connectivity index is 1.68. The minimum atomic E-state index is -3.24. The van der Waals surface area contributed by atoms with Crippen LogP contribution < -0.4 is 0 Å². The molecule has 1 saturated heterocycles. The average Bonchev–Trinajstić information content (AvgIpc) is 3.08. The fourth-order valence-corrected chi connectivity index (χ4v) is 4.02. The average molecular weight is 357 g/mol. The molecule has 1 amide bonds. The van der Waals surface area contributed by atoms with Gasteiger partial charge in [-0.1, -0.05) is 30.3 Å². The molecule has 0 saturated carbocycles. The second kappa shape index (κ2) is 7.40. The van der Waals surface area contributed by atoms with Crippen molar-refractivity contribution >= 4 is 15.7 Å². The van der Waals surface area contributed by atoms with Gasteiger partial charge in [-0.25, -0.2) is 8.42 Å². The summed E-state index contributed by atoms with van der Waals surface area (Å²) in [6.07, 6.45) is 5.13. The Morgan fingerprint density at radius 2 is 1.76 bits per heavy atom. The fourth-order valence-electron chi connectivity index (χ4n) is 3.39. The van der Waals surface area contributed by atoms with Crippen LogP contribution in [0.1, 0.15) is 35.2 Å². The van der Waals surface area contributed by atoms with Gasteiger partial charge in [0, 0.05) is 24.4 Å². The molecule has 0 N–H and O–H groups in total. The molecule has 2 aromatic carbocycles. The number of benzene rings is 2. The highest BCUT2D eigenvalue weighted by Gasteiger charge is 2.29. The number of aryl methyl sites for hydroxylation is 1. The number of likely N-dealkylation sites (tertiary alicyclic amines) is 1. The van der Waals surface area contributed by atoms with Crippen LogP contribution in [0, 0.1) is 0 Å². The van der Waals surface area contributed by atoms with Gasteiger partial charge in [0.25, 0.3) is 5.91 Å². The molecule has 1 aliphatic rings. The van der Waals surface area contributed by atoms with E-state index in [-0.39, 0.29) is 16.8 Å². The predicted octanol–water partition coefficient (Wildman–Crippen LogP) is 3.33. The van der Waals surface area contributed by atoms with Crippen LogP contribution in [0.2, 0.25) is 0 Å². The van der Waals surface area contributed by atoms with Gasteiger partial charge in [-0.05, 0) is 55.5 Å². The molecule has 1 fully saturated rings. The van der Waals surface area contributed by atoms with Crippen LogP contribution in [0.4, 0.5) is 0 Å². The SMILES string of the molecule is CS(=O)(=O)c1ccc(C(=O)N2CCCC2CCc2ccccc2)cc1. The molecule has 25 heavy (non-hydrogen) atoms. The summed E-state index contributed by atoms with van der Waals surface area (Å²) >= 11 is 0. The van der Waals surface area contributed by atoms with E-state index in [1.165, 1.54) is 24.0 Å². The van der Waals surface area contributed by atoms with Crippen molar-refractivity contribution in [2.24, 2.45) is 0 Å². The number of rotatable bonds is 5. The number of carbonyl (C=O) groups excluding carboxylic acids is 1. The van der Waals surface area contributed by atoms with Gasteiger partial charge in [0.15, 0.2) is 9.84 Å². The monoisotopic (exact) mass is 357 g/mol. The molecule has 0 aliphatic carbocycles. The predicted molar refractivity (Wildman–Crippen MR) is 98.4 cm³/mol. The Hall–Kier alpha value is -2.14. The van der Waals surface area contributed by atoms with E-state index < -0.39 is 9.84 Å². The Kier molecular flexibility index (Phi) is 5.23. The molecule has 0 spiro atoms. The summed E-state index contributed by atoms with van der Waals surface area (Å²) < 4.78 is 23.1. The first kappa shape index (κ1) is 17.7. The standard InChI is InChI=1S/C20H23NO3S/c1-25(23,24)19-13-10-17(11-14-19)20(22)21-15-5-8-18(21)12-9-16-6-3-2-4-7-16/h2-4,6-7,10-11,13-14,18H,5,8-9,12,15H2,1H3. The number of nitrogens with zero attached hydrogens (tertiary/aromatic N) is 1. The van der Waals surface area contributed by atoms with E-state index in [2.05, 4.69) is 12.1 Å². The quantitative estimate of drug-likeness (QED) is 0.825. The summed E-state index contributed by atoms with van der Waals surface area (Å²) in [5.74, 6) is -0.00406. The van der Waals surface area contributed by atoms with Crippen molar-refractivity contribution in [1.29, 1.82) is 0 Å². The molecule has 1 heterocycles.